The van der Waals surface area contributed by atoms with Crippen LogP contribution >= 0.6 is 24.0 Å². The van der Waals surface area contributed by atoms with Crippen LogP contribution in [0, 0.1) is 0 Å². The van der Waals surface area contributed by atoms with Gasteiger partial charge in [0.05, 0.1) is 11.1 Å². The summed E-state index contributed by atoms with van der Waals surface area (Å²) < 4.78 is 47.1. The predicted octanol–water partition coefficient (Wildman–Crippen LogP) is 5.53. The van der Waals surface area contributed by atoms with Crippen molar-refractivity contribution in [3.8, 4) is 17.1 Å². The van der Waals surface area contributed by atoms with Crippen LogP contribution in [-0.2, 0) is 13.2 Å². The molecule has 0 bridgehead atoms. The highest BCUT2D eigenvalue weighted by Crippen LogP contribution is 2.36. The first-order valence-electron chi connectivity index (χ1n) is 8.19. The van der Waals surface area contributed by atoms with Crippen molar-refractivity contribution in [1.82, 2.24) is 14.8 Å². The van der Waals surface area contributed by atoms with Gasteiger partial charge in [0.2, 0.25) is 0 Å². The van der Waals surface area contributed by atoms with Crippen LogP contribution in [0.25, 0.3) is 11.4 Å². The lowest BCUT2D eigenvalue weighted by Crippen LogP contribution is -2.12. The smallest absolute Gasteiger partial charge is 0.417 e. The van der Waals surface area contributed by atoms with Gasteiger partial charge in [-0.05, 0) is 31.2 Å². The molecule has 0 aliphatic rings. The Morgan fingerprint density at radius 2 is 1.86 bits per heavy atom. The molecule has 0 amide bonds. The van der Waals surface area contributed by atoms with Crippen molar-refractivity contribution in [2.75, 3.05) is 0 Å². The average molecular weight is 446 g/mol. The first-order chi connectivity index (χ1) is 13.2. The Morgan fingerprint density at radius 1 is 1.17 bits per heavy atom. The number of aldehydes is 1. The SMILES string of the molecule is C[C@H](Oc1ccc(Cl)cc1C=O)c1nnc(-c2ccccc2C(F)(F)F)n1C.Cl. The van der Waals surface area contributed by atoms with Gasteiger partial charge in [-0.1, -0.05) is 29.8 Å². The molecule has 10 heteroatoms. The Labute approximate surface area is 175 Å². The topological polar surface area (TPSA) is 57.0 Å². The summed E-state index contributed by atoms with van der Waals surface area (Å²) in [6.45, 7) is 1.66. The second-order valence-electron chi connectivity index (χ2n) is 6.04. The first kappa shape index (κ1) is 22.7. The molecule has 29 heavy (non-hydrogen) atoms. The maximum Gasteiger partial charge on any atom is 0.417 e. The summed E-state index contributed by atoms with van der Waals surface area (Å²) in [6, 6.07) is 9.72. The van der Waals surface area contributed by atoms with Gasteiger partial charge in [-0.2, -0.15) is 13.2 Å². The van der Waals surface area contributed by atoms with E-state index in [1.165, 1.54) is 28.8 Å². The lowest BCUT2D eigenvalue weighted by Gasteiger charge is -2.16. The zero-order valence-corrected chi connectivity index (χ0v) is 16.8. The van der Waals surface area contributed by atoms with E-state index >= 15 is 0 Å². The van der Waals surface area contributed by atoms with Crippen molar-refractivity contribution in [2.45, 2.75) is 19.2 Å². The quantitative estimate of drug-likeness (QED) is 0.484. The Morgan fingerprint density at radius 3 is 2.52 bits per heavy atom. The summed E-state index contributed by atoms with van der Waals surface area (Å²) in [5.74, 6) is 0.649. The normalized spacial score (nSPS) is 12.2. The number of carbonyl (C=O) groups is 1. The van der Waals surface area contributed by atoms with E-state index < -0.39 is 17.8 Å². The van der Waals surface area contributed by atoms with Gasteiger partial charge >= 0.3 is 6.18 Å². The van der Waals surface area contributed by atoms with E-state index in [0.717, 1.165) is 6.07 Å². The highest BCUT2D eigenvalue weighted by atomic mass is 35.5. The molecule has 154 valence electrons. The van der Waals surface area contributed by atoms with Crippen LogP contribution in [0.3, 0.4) is 0 Å². The molecule has 2 aromatic carbocycles. The van der Waals surface area contributed by atoms with E-state index in [1.54, 1.807) is 26.1 Å². The Hall–Kier alpha value is -2.58. The highest BCUT2D eigenvalue weighted by molar-refractivity contribution is 6.30. The molecular formula is C19H16Cl2F3N3O2. The van der Waals surface area contributed by atoms with Gasteiger partial charge in [-0.3, -0.25) is 4.79 Å². The van der Waals surface area contributed by atoms with Gasteiger partial charge in [-0.25, -0.2) is 0 Å². The van der Waals surface area contributed by atoms with Crippen LogP contribution in [0.2, 0.25) is 5.02 Å². The number of alkyl halides is 3. The summed E-state index contributed by atoms with van der Waals surface area (Å²) in [5.41, 5.74) is -0.626. The summed E-state index contributed by atoms with van der Waals surface area (Å²) in [6.07, 6.45) is -4.59. The van der Waals surface area contributed by atoms with Crippen LogP contribution in [0.15, 0.2) is 42.5 Å². The third-order valence-electron chi connectivity index (χ3n) is 4.15. The lowest BCUT2D eigenvalue weighted by molar-refractivity contribution is -0.137. The minimum absolute atomic E-state index is 0. The number of halogens is 5. The summed E-state index contributed by atoms with van der Waals surface area (Å²) >= 11 is 5.86. The number of hydrogen-bond acceptors (Lipinski definition) is 4. The van der Waals surface area contributed by atoms with Crippen LogP contribution in [0.5, 0.6) is 5.75 Å². The molecule has 1 atom stereocenters. The molecular weight excluding hydrogens is 430 g/mol. The molecule has 0 N–H and O–H groups in total. The number of nitrogens with zero attached hydrogens (tertiary/aromatic N) is 3. The van der Waals surface area contributed by atoms with E-state index in [1.807, 2.05) is 0 Å². The summed E-state index contributed by atoms with van der Waals surface area (Å²) in [5, 5.41) is 8.29. The number of hydrogen-bond donors (Lipinski definition) is 0. The van der Waals surface area contributed by atoms with E-state index in [4.69, 9.17) is 16.3 Å². The number of ether oxygens (including phenoxy) is 1. The van der Waals surface area contributed by atoms with Crippen molar-refractivity contribution in [3.05, 3.63) is 64.4 Å². The van der Waals surface area contributed by atoms with Crippen LogP contribution in [0.4, 0.5) is 13.2 Å². The maximum atomic E-state index is 13.3. The molecule has 0 spiro atoms. The van der Waals surface area contributed by atoms with Gasteiger partial charge in [0.25, 0.3) is 0 Å². The van der Waals surface area contributed by atoms with Crippen LogP contribution in [0.1, 0.15) is 34.8 Å². The third kappa shape index (κ3) is 4.71. The van der Waals surface area contributed by atoms with Gasteiger partial charge in [0.15, 0.2) is 24.0 Å². The molecule has 0 saturated carbocycles. The Balaban J connectivity index is 0.00000300. The van der Waals surface area contributed by atoms with E-state index in [9.17, 15) is 18.0 Å². The maximum absolute atomic E-state index is 13.3. The molecule has 0 unspecified atom stereocenters. The van der Waals surface area contributed by atoms with Crippen molar-refractivity contribution >= 4 is 30.3 Å². The van der Waals surface area contributed by atoms with E-state index in [2.05, 4.69) is 10.2 Å². The lowest BCUT2D eigenvalue weighted by atomic mass is 10.1. The molecule has 0 saturated heterocycles. The molecule has 1 heterocycles. The highest BCUT2D eigenvalue weighted by Gasteiger charge is 2.35. The zero-order valence-electron chi connectivity index (χ0n) is 15.3. The van der Waals surface area contributed by atoms with E-state index in [0.29, 0.717) is 17.1 Å². The molecule has 0 aliphatic heterocycles. The summed E-state index contributed by atoms with van der Waals surface area (Å²) in [4.78, 5) is 11.2. The molecule has 0 radical (unpaired) electrons. The first-order valence-corrected chi connectivity index (χ1v) is 8.57. The Kier molecular flexibility index (Phi) is 6.92. The number of benzene rings is 2. The molecule has 0 aliphatic carbocycles. The molecule has 1 aromatic heterocycles. The van der Waals surface area contributed by atoms with Gasteiger partial charge in [0.1, 0.15) is 5.75 Å². The van der Waals surface area contributed by atoms with Gasteiger partial charge in [0, 0.05) is 17.6 Å². The number of carbonyl (C=O) groups excluding carboxylic acids is 1. The third-order valence-corrected chi connectivity index (χ3v) is 4.38. The van der Waals surface area contributed by atoms with Gasteiger partial charge < -0.3 is 9.30 Å². The second-order valence-corrected chi connectivity index (χ2v) is 6.48. The predicted molar refractivity (Wildman–Crippen MR) is 105 cm³/mol. The average Bonchev–Trinajstić information content (AvgIpc) is 3.03. The van der Waals surface area contributed by atoms with Gasteiger partial charge in [-0.15, -0.1) is 22.6 Å². The summed E-state index contributed by atoms with van der Waals surface area (Å²) in [7, 11) is 1.56. The fourth-order valence-electron chi connectivity index (χ4n) is 2.82. The van der Waals surface area contributed by atoms with Crippen molar-refractivity contribution in [2.24, 2.45) is 7.05 Å². The minimum Gasteiger partial charge on any atom is -0.482 e. The minimum atomic E-state index is -4.52. The van der Waals surface area contributed by atoms with Crippen molar-refractivity contribution in [1.29, 1.82) is 0 Å². The fraction of sp³-hybridized carbons (Fsp3) is 0.211. The standard InChI is InChI=1S/C19H15ClF3N3O2.ClH/c1-11(28-16-8-7-13(20)9-12(16)10-27)17-24-25-18(26(17)2)14-5-3-4-6-15(14)19(21,22)23;/h3-11H,1-2H3;1H/t11-;/m0./s1. The molecule has 0 fully saturated rings. The fourth-order valence-corrected chi connectivity index (χ4v) is 3.00. The molecule has 3 aromatic rings. The van der Waals surface area contributed by atoms with Crippen molar-refractivity contribution in [3.63, 3.8) is 0 Å². The van der Waals surface area contributed by atoms with E-state index in [-0.39, 0.29) is 35.1 Å². The van der Waals surface area contributed by atoms with Crippen LogP contribution < -0.4 is 4.74 Å². The van der Waals surface area contributed by atoms with Crippen molar-refractivity contribution < 1.29 is 22.7 Å². The second kappa shape index (κ2) is 8.84. The molecule has 5 nitrogen and oxygen atoms in total. The van der Waals surface area contributed by atoms with Crippen LogP contribution in [-0.4, -0.2) is 21.1 Å². The number of aromatic nitrogens is 3. The number of rotatable bonds is 5. The molecule has 3 rings (SSSR count). The monoisotopic (exact) mass is 445 g/mol. The zero-order chi connectivity index (χ0) is 20.5. The largest absolute Gasteiger partial charge is 0.482 e. The Bertz CT molecular complexity index is 1020.